The fraction of sp³-hybridized carbons (Fsp3) is 0.733. The topological polar surface area (TPSA) is 52.6 Å². The van der Waals surface area contributed by atoms with Crippen LogP contribution in [0.25, 0.3) is 0 Å². The van der Waals surface area contributed by atoms with E-state index in [2.05, 4.69) is 6.92 Å². The fourth-order valence-electron chi connectivity index (χ4n) is 4.03. The summed E-state index contributed by atoms with van der Waals surface area (Å²) in [6.07, 6.45) is 23.1. The Morgan fingerprint density at radius 2 is 0.765 bits per heavy atom. The molecule has 0 heterocycles. The molecule has 4 heteroatoms. The first-order valence-electron chi connectivity index (χ1n) is 14.1. The molecule has 0 spiro atoms. The van der Waals surface area contributed by atoms with Crippen LogP contribution in [0, 0.1) is 0 Å². The van der Waals surface area contributed by atoms with Gasteiger partial charge in [-0.1, -0.05) is 117 Å². The van der Waals surface area contributed by atoms with E-state index in [0.717, 1.165) is 25.7 Å². The summed E-state index contributed by atoms with van der Waals surface area (Å²) in [6.45, 7) is 5.21. The molecule has 1 aromatic rings. The molecule has 0 saturated carbocycles. The first kappa shape index (κ1) is 30.2. The summed E-state index contributed by atoms with van der Waals surface area (Å²) >= 11 is 0. The van der Waals surface area contributed by atoms with Crippen LogP contribution in [0.5, 0.6) is 0 Å². The number of carbonyl (C=O) groups excluding carboxylic acids is 2. The van der Waals surface area contributed by atoms with Crippen LogP contribution in [0.15, 0.2) is 24.3 Å². The summed E-state index contributed by atoms with van der Waals surface area (Å²) in [5.74, 6) is -0.673. The minimum absolute atomic E-state index is 0.327. The number of hydrogen-bond acceptors (Lipinski definition) is 4. The molecule has 0 bridgehead atoms. The summed E-state index contributed by atoms with van der Waals surface area (Å²) in [6, 6.07) is 6.51. The highest BCUT2D eigenvalue weighted by Gasteiger charge is 2.10. The molecule has 4 nitrogen and oxygen atoms in total. The molecule has 1 rings (SSSR count). The van der Waals surface area contributed by atoms with Crippen molar-refractivity contribution in [3.63, 3.8) is 0 Å². The molecule has 0 aliphatic rings. The van der Waals surface area contributed by atoms with Crippen LogP contribution in [0.1, 0.15) is 150 Å². The fourth-order valence-corrected chi connectivity index (χ4v) is 4.03. The molecule has 0 atom stereocenters. The Labute approximate surface area is 209 Å². The standard InChI is InChI=1S/C30H50O4/c1-3-5-7-8-9-10-11-12-13-14-15-16-17-18-19-20-26-34-30(32)28-23-21-27(22-24-28)29(31)33-25-6-4-2/h21-24H,3-20,25-26H2,1-2H3. The second kappa shape index (κ2) is 21.7. The number of benzene rings is 1. The maximum Gasteiger partial charge on any atom is 0.338 e. The third kappa shape index (κ3) is 15.9. The quantitative estimate of drug-likeness (QED) is 0.124. The lowest BCUT2D eigenvalue weighted by Gasteiger charge is -2.07. The maximum atomic E-state index is 12.2. The summed E-state index contributed by atoms with van der Waals surface area (Å²) in [5.41, 5.74) is 0.937. The zero-order chi connectivity index (χ0) is 24.7. The van der Waals surface area contributed by atoms with Crippen LogP contribution in [0.4, 0.5) is 0 Å². The normalized spacial score (nSPS) is 10.9. The van der Waals surface area contributed by atoms with E-state index < -0.39 is 0 Å². The predicted molar refractivity (Wildman–Crippen MR) is 141 cm³/mol. The van der Waals surface area contributed by atoms with E-state index in [1.165, 1.54) is 89.9 Å². The molecule has 194 valence electrons. The van der Waals surface area contributed by atoms with Gasteiger partial charge in [-0.15, -0.1) is 0 Å². The van der Waals surface area contributed by atoms with Crippen molar-refractivity contribution in [3.8, 4) is 0 Å². The highest BCUT2D eigenvalue weighted by molar-refractivity contribution is 5.93. The van der Waals surface area contributed by atoms with E-state index in [9.17, 15) is 9.59 Å². The molecular weight excluding hydrogens is 424 g/mol. The second-order valence-corrected chi connectivity index (χ2v) is 9.51. The van der Waals surface area contributed by atoms with Crippen LogP contribution < -0.4 is 0 Å². The van der Waals surface area contributed by atoms with Crippen molar-refractivity contribution in [2.45, 2.75) is 129 Å². The molecule has 0 fully saturated rings. The lowest BCUT2D eigenvalue weighted by atomic mass is 10.0. The number of esters is 2. The molecule has 34 heavy (non-hydrogen) atoms. The summed E-state index contributed by atoms with van der Waals surface area (Å²) in [5, 5.41) is 0. The van der Waals surface area contributed by atoms with Crippen molar-refractivity contribution >= 4 is 11.9 Å². The highest BCUT2D eigenvalue weighted by Crippen LogP contribution is 2.14. The minimum atomic E-state index is -0.346. The van der Waals surface area contributed by atoms with E-state index in [-0.39, 0.29) is 11.9 Å². The molecule has 0 amide bonds. The van der Waals surface area contributed by atoms with E-state index in [1.807, 2.05) is 6.92 Å². The average molecular weight is 475 g/mol. The second-order valence-electron chi connectivity index (χ2n) is 9.51. The van der Waals surface area contributed by atoms with Crippen molar-refractivity contribution in [2.24, 2.45) is 0 Å². The van der Waals surface area contributed by atoms with Gasteiger partial charge < -0.3 is 9.47 Å². The Morgan fingerprint density at radius 1 is 0.471 bits per heavy atom. The molecular formula is C30H50O4. The molecule has 0 aliphatic heterocycles. The van der Waals surface area contributed by atoms with Gasteiger partial charge in [0.25, 0.3) is 0 Å². The van der Waals surface area contributed by atoms with Gasteiger partial charge in [-0.2, -0.15) is 0 Å². The largest absolute Gasteiger partial charge is 0.462 e. The zero-order valence-corrected chi connectivity index (χ0v) is 22.1. The van der Waals surface area contributed by atoms with Crippen LogP contribution in [0.2, 0.25) is 0 Å². The van der Waals surface area contributed by atoms with Crippen molar-refractivity contribution in [2.75, 3.05) is 13.2 Å². The van der Waals surface area contributed by atoms with Crippen LogP contribution in [-0.4, -0.2) is 25.2 Å². The van der Waals surface area contributed by atoms with Crippen molar-refractivity contribution in [1.29, 1.82) is 0 Å². The van der Waals surface area contributed by atoms with Gasteiger partial charge in [-0.3, -0.25) is 0 Å². The van der Waals surface area contributed by atoms with Gasteiger partial charge in [0.1, 0.15) is 0 Å². The molecule has 1 aromatic carbocycles. The lowest BCUT2D eigenvalue weighted by molar-refractivity contribution is 0.0484. The van der Waals surface area contributed by atoms with Crippen molar-refractivity contribution in [1.82, 2.24) is 0 Å². The zero-order valence-electron chi connectivity index (χ0n) is 22.1. The smallest absolute Gasteiger partial charge is 0.338 e. The Bertz CT molecular complexity index is 623. The summed E-state index contributed by atoms with van der Waals surface area (Å²) < 4.78 is 10.6. The van der Waals surface area contributed by atoms with Gasteiger partial charge >= 0.3 is 11.9 Å². The van der Waals surface area contributed by atoms with Gasteiger partial charge in [0.05, 0.1) is 24.3 Å². The number of ether oxygens (including phenoxy) is 2. The highest BCUT2D eigenvalue weighted by atomic mass is 16.5. The number of unbranched alkanes of at least 4 members (excludes halogenated alkanes) is 16. The predicted octanol–water partition coefficient (Wildman–Crippen LogP) is 9.06. The number of hydrogen-bond donors (Lipinski definition) is 0. The minimum Gasteiger partial charge on any atom is -0.462 e. The third-order valence-electron chi connectivity index (χ3n) is 6.32. The van der Waals surface area contributed by atoms with Crippen LogP contribution >= 0.6 is 0 Å². The SMILES string of the molecule is CCCCCCCCCCCCCCCCCCOC(=O)c1ccc(C(=O)OCCCC)cc1. The van der Waals surface area contributed by atoms with Gasteiger partial charge in [0.15, 0.2) is 0 Å². The Morgan fingerprint density at radius 3 is 1.12 bits per heavy atom. The van der Waals surface area contributed by atoms with Crippen LogP contribution in [-0.2, 0) is 9.47 Å². The number of rotatable bonds is 22. The first-order valence-corrected chi connectivity index (χ1v) is 14.1. The summed E-state index contributed by atoms with van der Waals surface area (Å²) in [4.78, 5) is 24.1. The van der Waals surface area contributed by atoms with E-state index in [0.29, 0.717) is 24.3 Å². The monoisotopic (exact) mass is 474 g/mol. The van der Waals surface area contributed by atoms with E-state index >= 15 is 0 Å². The third-order valence-corrected chi connectivity index (χ3v) is 6.32. The average Bonchev–Trinajstić information content (AvgIpc) is 2.86. The van der Waals surface area contributed by atoms with Crippen molar-refractivity contribution < 1.29 is 19.1 Å². The molecule has 0 aliphatic carbocycles. The molecule has 0 N–H and O–H groups in total. The van der Waals surface area contributed by atoms with E-state index in [4.69, 9.17) is 9.47 Å². The molecule has 0 saturated heterocycles. The van der Waals surface area contributed by atoms with E-state index in [1.54, 1.807) is 24.3 Å². The first-order chi connectivity index (χ1) is 16.7. The Kier molecular flexibility index (Phi) is 19.2. The maximum absolute atomic E-state index is 12.2. The Balaban J connectivity index is 1.94. The van der Waals surface area contributed by atoms with Gasteiger partial charge in [-0.25, -0.2) is 9.59 Å². The van der Waals surface area contributed by atoms with Crippen LogP contribution in [0.3, 0.4) is 0 Å². The molecule has 0 radical (unpaired) electrons. The van der Waals surface area contributed by atoms with Gasteiger partial charge in [-0.05, 0) is 37.1 Å². The van der Waals surface area contributed by atoms with Crippen molar-refractivity contribution in [3.05, 3.63) is 35.4 Å². The Hall–Kier alpha value is -1.84. The molecule has 0 unspecified atom stereocenters. The van der Waals surface area contributed by atoms with Gasteiger partial charge in [0, 0.05) is 0 Å². The number of carbonyl (C=O) groups is 2. The summed E-state index contributed by atoms with van der Waals surface area (Å²) in [7, 11) is 0. The molecule has 0 aromatic heterocycles. The van der Waals surface area contributed by atoms with Gasteiger partial charge in [0.2, 0.25) is 0 Å². The lowest BCUT2D eigenvalue weighted by Crippen LogP contribution is -2.09.